The van der Waals surface area contributed by atoms with E-state index in [2.05, 4.69) is 18.9 Å². The van der Waals surface area contributed by atoms with Crippen molar-refractivity contribution in [1.82, 2.24) is 9.78 Å². The normalized spacial score (nSPS) is 10.9. The second kappa shape index (κ2) is 4.64. The van der Waals surface area contributed by atoms with Crippen molar-refractivity contribution in [3.63, 3.8) is 0 Å². The summed E-state index contributed by atoms with van der Waals surface area (Å²) in [5.74, 6) is 0.520. The first-order valence-electron chi connectivity index (χ1n) is 6.00. The topological polar surface area (TPSA) is 67.7 Å². The van der Waals surface area contributed by atoms with Crippen LogP contribution in [0, 0.1) is 12.3 Å². The van der Waals surface area contributed by atoms with E-state index in [9.17, 15) is 0 Å². The molecule has 18 heavy (non-hydrogen) atoms. The highest BCUT2D eigenvalue weighted by Crippen LogP contribution is 2.16. The van der Waals surface area contributed by atoms with Gasteiger partial charge in [0.1, 0.15) is 5.84 Å². The minimum atomic E-state index is 0.0994. The molecule has 4 nitrogen and oxygen atoms in total. The molecule has 0 saturated carbocycles. The van der Waals surface area contributed by atoms with E-state index in [-0.39, 0.29) is 5.84 Å². The van der Waals surface area contributed by atoms with Gasteiger partial charge in [0.25, 0.3) is 0 Å². The molecule has 1 heterocycles. The zero-order valence-corrected chi connectivity index (χ0v) is 10.9. The average Bonchev–Trinajstić information content (AvgIpc) is 2.77. The van der Waals surface area contributed by atoms with Gasteiger partial charge in [0.15, 0.2) is 0 Å². The maximum atomic E-state index is 7.47. The van der Waals surface area contributed by atoms with E-state index in [4.69, 9.17) is 11.1 Å². The van der Waals surface area contributed by atoms with Crippen LogP contribution in [-0.4, -0.2) is 15.6 Å². The van der Waals surface area contributed by atoms with Crippen LogP contribution < -0.4 is 5.73 Å². The number of amidine groups is 1. The molecule has 2 rings (SSSR count). The van der Waals surface area contributed by atoms with E-state index in [1.807, 2.05) is 42.1 Å². The summed E-state index contributed by atoms with van der Waals surface area (Å²) in [6, 6.07) is 7.82. The summed E-state index contributed by atoms with van der Waals surface area (Å²) in [6.07, 6.45) is 1.96. The third-order valence-electron chi connectivity index (χ3n) is 2.97. The Bertz CT molecular complexity index is 581. The smallest absolute Gasteiger partial charge is 0.123 e. The van der Waals surface area contributed by atoms with E-state index < -0.39 is 0 Å². The molecule has 0 unspecified atom stereocenters. The fraction of sp³-hybridized carbons (Fsp3) is 0.286. The Morgan fingerprint density at radius 2 is 2.06 bits per heavy atom. The molecule has 0 bridgehead atoms. The van der Waals surface area contributed by atoms with E-state index >= 15 is 0 Å². The molecular weight excluding hydrogens is 224 g/mol. The van der Waals surface area contributed by atoms with Crippen molar-refractivity contribution in [3.8, 4) is 5.69 Å². The summed E-state index contributed by atoms with van der Waals surface area (Å²) in [7, 11) is 0. The Kier molecular flexibility index (Phi) is 3.19. The number of rotatable bonds is 3. The molecule has 0 spiro atoms. The molecule has 0 saturated heterocycles. The van der Waals surface area contributed by atoms with E-state index in [0.717, 1.165) is 22.5 Å². The number of nitrogen functional groups attached to an aromatic ring is 1. The standard InChI is InChI=1S/C14H18N4/c1-9(2)13-6-7-18(17-13)11-4-5-12(14(15)16)10(3)8-11/h4-9H,1-3H3,(H3,15,16). The van der Waals surface area contributed by atoms with Gasteiger partial charge in [-0.3, -0.25) is 5.41 Å². The zero-order chi connectivity index (χ0) is 13.3. The Labute approximate surface area is 107 Å². The van der Waals surface area contributed by atoms with Gasteiger partial charge in [0.05, 0.1) is 11.4 Å². The van der Waals surface area contributed by atoms with Gasteiger partial charge in [-0.15, -0.1) is 0 Å². The second-order valence-corrected chi connectivity index (χ2v) is 4.75. The second-order valence-electron chi connectivity index (χ2n) is 4.75. The van der Waals surface area contributed by atoms with Crippen LogP contribution in [0.25, 0.3) is 5.69 Å². The fourth-order valence-electron chi connectivity index (χ4n) is 1.88. The van der Waals surface area contributed by atoms with Crippen molar-refractivity contribution in [3.05, 3.63) is 47.3 Å². The van der Waals surface area contributed by atoms with Crippen molar-refractivity contribution in [1.29, 1.82) is 5.41 Å². The molecule has 2 aromatic rings. The third-order valence-corrected chi connectivity index (χ3v) is 2.97. The summed E-state index contributed by atoms with van der Waals surface area (Å²) in [5, 5.41) is 12.0. The lowest BCUT2D eigenvalue weighted by molar-refractivity contribution is 0.768. The largest absolute Gasteiger partial charge is 0.384 e. The predicted octanol–water partition coefficient (Wildman–Crippen LogP) is 2.59. The zero-order valence-electron chi connectivity index (χ0n) is 10.9. The van der Waals surface area contributed by atoms with Gasteiger partial charge in [0, 0.05) is 11.8 Å². The average molecular weight is 242 g/mol. The first-order chi connectivity index (χ1) is 8.49. The Hall–Kier alpha value is -2.10. The van der Waals surface area contributed by atoms with Crippen molar-refractivity contribution < 1.29 is 0 Å². The maximum absolute atomic E-state index is 7.47. The third kappa shape index (κ3) is 2.27. The molecule has 0 amide bonds. The van der Waals surface area contributed by atoms with Gasteiger partial charge < -0.3 is 5.73 Å². The highest BCUT2D eigenvalue weighted by atomic mass is 15.3. The Morgan fingerprint density at radius 3 is 2.56 bits per heavy atom. The van der Waals surface area contributed by atoms with E-state index in [0.29, 0.717) is 5.92 Å². The maximum Gasteiger partial charge on any atom is 0.123 e. The van der Waals surface area contributed by atoms with E-state index in [1.54, 1.807) is 0 Å². The van der Waals surface area contributed by atoms with Crippen molar-refractivity contribution >= 4 is 5.84 Å². The summed E-state index contributed by atoms with van der Waals surface area (Å²) in [4.78, 5) is 0. The van der Waals surface area contributed by atoms with Gasteiger partial charge in [-0.1, -0.05) is 13.8 Å². The van der Waals surface area contributed by atoms with Crippen molar-refractivity contribution in [2.24, 2.45) is 5.73 Å². The molecule has 1 aromatic carbocycles. The molecule has 0 aliphatic carbocycles. The molecular formula is C14H18N4. The number of aryl methyl sites for hydroxylation is 1. The lowest BCUT2D eigenvalue weighted by Crippen LogP contribution is -2.13. The number of nitrogens with zero attached hydrogens (tertiary/aromatic N) is 2. The SMILES string of the molecule is Cc1cc(-n2ccc(C(C)C)n2)ccc1C(=N)N. The van der Waals surface area contributed by atoms with Crippen LogP contribution in [0.5, 0.6) is 0 Å². The minimum absolute atomic E-state index is 0.0994. The molecule has 0 atom stereocenters. The molecule has 0 fully saturated rings. The first kappa shape index (κ1) is 12.4. The van der Waals surface area contributed by atoms with Gasteiger partial charge >= 0.3 is 0 Å². The minimum Gasteiger partial charge on any atom is -0.384 e. The van der Waals surface area contributed by atoms with Crippen LogP contribution in [0.3, 0.4) is 0 Å². The summed E-state index contributed by atoms with van der Waals surface area (Å²) >= 11 is 0. The summed E-state index contributed by atoms with van der Waals surface area (Å²) < 4.78 is 1.85. The monoisotopic (exact) mass is 242 g/mol. The number of benzene rings is 1. The van der Waals surface area contributed by atoms with Crippen LogP contribution in [0.2, 0.25) is 0 Å². The molecule has 3 N–H and O–H groups in total. The quantitative estimate of drug-likeness (QED) is 0.641. The molecule has 0 radical (unpaired) electrons. The molecule has 1 aromatic heterocycles. The van der Waals surface area contributed by atoms with Gasteiger partial charge in [-0.05, 0) is 42.7 Å². The molecule has 0 aliphatic rings. The Balaban J connectivity index is 2.39. The summed E-state index contributed by atoms with van der Waals surface area (Å²) in [6.45, 7) is 6.20. The number of hydrogen-bond donors (Lipinski definition) is 2. The van der Waals surface area contributed by atoms with Crippen LogP contribution in [-0.2, 0) is 0 Å². The van der Waals surface area contributed by atoms with Gasteiger partial charge in [-0.25, -0.2) is 4.68 Å². The summed E-state index contributed by atoms with van der Waals surface area (Å²) in [5.41, 5.74) is 9.33. The number of aromatic nitrogens is 2. The van der Waals surface area contributed by atoms with E-state index in [1.165, 1.54) is 0 Å². The highest BCUT2D eigenvalue weighted by Gasteiger charge is 2.07. The fourth-order valence-corrected chi connectivity index (χ4v) is 1.88. The lowest BCUT2D eigenvalue weighted by Gasteiger charge is -2.07. The predicted molar refractivity (Wildman–Crippen MR) is 73.4 cm³/mol. The number of nitrogens with one attached hydrogen (secondary N) is 1. The van der Waals surface area contributed by atoms with Crippen molar-refractivity contribution in [2.45, 2.75) is 26.7 Å². The first-order valence-corrected chi connectivity index (χ1v) is 6.00. The highest BCUT2D eigenvalue weighted by molar-refractivity contribution is 5.96. The van der Waals surface area contributed by atoms with Gasteiger partial charge in [0.2, 0.25) is 0 Å². The molecule has 94 valence electrons. The van der Waals surface area contributed by atoms with Crippen LogP contribution in [0.1, 0.15) is 36.6 Å². The van der Waals surface area contributed by atoms with Gasteiger partial charge in [-0.2, -0.15) is 5.10 Å². The number of nitrogens with two attached hydrogens (primary N) is 1. The lowest BCUT2D eigenvalue weighted by atomic mass is 10.1. The van der Waals surface area contributed by atoms with Crippen LogP contribution in [0.4, 0.5) is 0 Å². The van der Waals surface area contributed by atoms with Crippen LogP contribution in [0.15, 0.2) is 30.5 Å². The molecule has 0 aliphatic heterocycles. The van der Waals surface area contributed by atoms with Crippen molar-refractivity contribution in [2.75, 3.05) is 0 Å². The molecule has 4 heteroatoms. The number of hydrogen-bond acceptors (Lipinski definition) is 2. The Morgan fingerprint density at radius 1 is 1.33 bits per heavy atom. The van der Waals surface area contributed by atoms with Crippen LogP contribution >= 0.6 is 0 Å².